The maximum absolute atomic E-state index is 12.5. The molecule has 2 aromatic carbocycles. The molecular formula is C20H26N4O3S. The number of nitrogens with one attached hydrogen (secondary N) is 2. The summed E-state index contributed by atoms with van der Waals surface area (Å²) in [4.78, 5) is 16.5. The number of hydrogen-bond acceptors (Lipinski definition) is 4. The zero-order valence-corrected chi connectivity index (χ0v) is 16.8. The number of amides is 2. The van der Waals surface area contributed by atoms with E-state index in [0.717, 1.165) is 13.1 Å². The number of benzene rings is 2. The molecule has 1 aliphatic rings. The van der Waals surface area contributed by atoms with Crippen LogP contribution in [0.1, 0.15) is 13.3 Å². The van der Waals surface area contributed by atoms with Crippen LogP contribution in [0.25, 0.3) is 0 Å². The molecule has 8 heteroatoms. The van der Waals surface area contributed by atoms with Crippen molar-refractivity contribution in [1.82, 2.24) is 4.90 Å². The molecule has 0 atom stereocenters. The lowest BCUT2D eigenvalue weighted by Gasteiger charge is -2.36. The van der Waals surface area contributed by atoms with Crippen LogP contribution in [-0.2, 0) is 10.0 Å². The van der Waals surface area contributed by atoms with E-state index in [1.54, 1.807) is 29.2 Å². The number of hydrogen-bond donors (Lipinski definition) is 2. The van der Waals surface area contributed by atoms with E-state index in [0.29, 0.717) is 30.9 Å². The molecule has 2 N–H and O–H groups in total. The first-order valence-electron chi connectivity index (χ1n) is 9.43. The third kappa shape index (κ3) is 5.39. The zero-order valence-electron chi connectivity index (χ0n) is 16.0. The average Bonchev–Trinajstić information content (AvgIpc) is 2.70. The average molecular weight is 403 g/mol. The van der Waals surface area contributed by atoms with Gasteiger partial charge in [-0.1, -0.05) is 25.1 Å². The molecule has 1 fully saturated rings. The van der Waals surface area contributed by atoms with Crippen molar-refractivity contribution in [2.75, 3.05) is 46.9 Å². The second kappa shape index (κ2) is 8.97. The van der Waals surface area contributed by atoms with Gasteiger partial charge in [-0.25, -0.2) is 13.2 Å². The van der Waals surface area contributed by atoms with Gasteiger partial charge in [0.2, 0.25) is 10.0 Å². The number of carbonyl (C=O) groups is 1. The van der Waals surface area contributed by atoms with Crippen molar-refractivity contribution >= 4 is 33.1 Å². The molecule has 0 bridgehead atoms. The van der Waals surface area contributed by atoms with Gasteiger partial charge in [0.15, 0.2) is 0 Å². The van der Waals surface area contributed by atoms with Gasteiger partial charge in [-0.2, -0.15) is 0 Å². The summed E-state index contributed by atoms with van der Waals surface area (Å²) < 4.78 is 26.1. The number of rotatable bonds is 6. The number of carbonyl (C=O) groups excluding carboxylic acids is 1. The summed E-state index contributed by atoms with van der Waals surface area (Å²) in [5.41, 5.74) is 2.29. The van der Waals surface area contributed by atoms with Crippen molar-refractivity contribution in [3.63, 3.8) is 0 Å². The highest BCUT2D eigenvalue weighted by molar-refractivity contribution is 7.92. The van der Waals surface area contributed by atoms with E-state index >= 15 is 0 Å². The molecule has 0 radical (unpaired) electrons. The van der Waals surface area contributed by atoms with E-state index in [4.69, 9.17) is 0 Å². The monoisotopic (exact) mass is 402 g/mol. The highest BCUT2D eigenvalue weighted by Gasteiger charge is 2.21. The fourth-order valence-electron chi connectivity index (χ4n) is 3.13. The van der Waals surface area contributed by atoms with Crippen LogP contribution in [0.15, 0.2) is 54.6 Å². The van der Waals surface area contributed by atoms with E-state index in [1.807, 2.05) is 25.1 Å². The van der Waals surface area contributed by atoms with Gasteiger partial charge in [-0.3, -0.25) is 4.72 Å². The first kappa shape index (κ1) is 20.0. The summed E-state index contributed by atoms with van der Waals surface area (Å²) in [5.74, 6) is 0.0838. The number of sulfonamides is 1. The van der Waals surface area contributed by atoms with Gasteiger partial charge in [-0.15, -0.1) is 0 Å². The quantitative estimate of drug-likeness (QED) is 0.777. The first-order valence-corrected chi connectivity index (χ1v) is 11.1. The molecule has 0 spiro atoms. The number of piperazine rings is 1. The third-order valence-corrected chi connectivity index (χ3v) is 6.06. The molecule has 0 aliphatic carbocycles. The van der Waals surface area contributed by atoms with Crippen molar-refractivity contribution in [1.29, 1.82) is 0 Å². The maximum Gasteiger partial charge on any atom is 0.321 e. The molecule has 0 saturated carbocycles. The van der Waals surface area contributed by atoms with Crippen LogP contribution in [0, 0.1) is 0 Å². The van der Waals surface area contributed by atoms with Gasteiger partial charge in [0.05, 0.1) is 5.75 Å². The van der Waals surface area contributed by atoms with Crippen molar-refractivity contribution in [3.8, 4) is 0 Å². The number of nitrogens with zero attached hydrogens (tertiary/aromatic N) is 2. The van der Waals surface area contributed by atoms with Gasteiger partial charge >= 0.3 is 6.03 Å². The van der Waals surface area contributed by atoms with Gasteiger partial charge in [-0.05, 0) is 42.8 Å². The van der Waals surface area contributed by atoms with E-state index in [9.17, 15) is 13.2 Å². The summed E-state index contributed by atoms with van der Waals surface area (Å²) in [7, 11) is -3.32. The smallest absolute Gasteiger partial charge is 0.321 e. The molecule has 3 rings (SSSR count). The normalized spacial score (nSPS) is 14.6. The number of urea groups is 1. The Morgan fingerprint density at radius 2 is 1.54 bits per heavy atom. The summed E-state index contributed by atoms with van der Waals surface area (Å²) in [6.45, 7) is 4.69. The molecule has 0 aromatic heterocycles. The third-order valence-electron chi connectivity index (χ3n) is 4.57. The predicted molar refractivity (Wildman–Crippen MR) is 113 cm³/mol. The highest BCUT2D eigenvalue weighted by Crippen LogP contribution is 2.18. The van der Waals surface area contributed by atoms with E-state index in [-0.39, 0.29) is 11.8 Å². The molecule has 2 amide bonds. The van der Waals surface area contributed by atoms with Gasteiger partial charge in [0, 0.05) is 43.2 Å². The molecule has 2 aromatic rings. The van der Waals surface area contributed by atoms with Gasteiger partial charge in [0.1, 0.15) is 0 Å². The van der Waals surface area contributed by atoms with Crippen molar-refractivity contribution in [3.05, 3.63) is 54.6 Å². The lowest BCUT2D eigenvalue weighted by molar-refractivity contribution is 0.208. The predicted octanol–water partition coefficient (Wildman–Crippen LogP) is 3.19. The Bertz CT molecular complexity index is 877. The second-order valence-corrected chi connectivity index (χ2v) is 8.58. The summed E-state index contributed by atoms with van der Waals surface area (Å²) in [6, 6.07) is 16.7. The number of para-hydroxylation sites is 1. The summed E-state index contributed by atoms with van der Waals surface area (Å²) in [5, 5.41) is 2.87. The maximum atomic E-state index is 12.5. The van der Waals surface area contributed by atoms with Crippen LogP contribution in [0.5, 0.6) is 0 Å². The molecule has 28 heavy (non-hydrogen) atoms. The minimum Gasteiger partial charge on any atom is -0.368 e. The Labute approximate surface area is 166 Å². The Morgan fingerprint density at radius 3 is 2.14 bits per heavy atom. The minimum atomic E-state index is -3.32. The van der Waals surface area contributed by atoms with E-state index in [2.05, 4.69) is 27.1 Å². The Kier molecular flexibility index (Phi) is 6.41. The number of anilines is 3. The van der Waals surface area contributed by atoms with Crippen LogP contribution in [0.3, 0.4) is 0 Å². The fraction of sp³-hybridized carbons (Fsp3) is 0.350. The summed E-state index contributed by atoms with van der Waals surface area (Å²) >= 11 is 0. The first-order chi connectivity index (χ1) is 13.5. The SMILES string of the molecule is CCCS(=O)(=O)Nc1ccc(NC(=O)N2CCN(c3ccccc3)CC2)cc1. The molecular weight excluding hydrogens is 376 g/mol. The molecule has 7 nitrogen and oxygen atoms in total. The Morgan fingerprint density at radius 1 is 0.929 bits per heavy atom. The summed E-state index contributed by atoms with van der Waals surface area (Å²) in [6.07, 6.45) is 0.557. The lowest BCUT2D eigenvalue weighted by Crippen LogP contribution is -2.50. The Balaban J connectivity index is 1.51. The van der Waals surface area contributed by atoms with Crippen molar-refractivity contribution in [2.45, 2.75) is 13.3 Å². The van der Waals surface area contributed by atoms with Crippen LogP contribution in [-0.4, -0.2) is 51.3 Å². The molecule has 0 unspecified atom stereocenters. The molecule has 150 valence electrons. The topological polar surface area (TPSA) is 81.8 Å². The largest absolute Gasteiger partial charge is 0.368 e. The van der Waals surface area contributed by atoms with E-state index in [1.165, 1.54) is 5.69 Å². The van der Waals surface area contributed by atoms with Crippen LogP contribution < -0.4 is 14.9 Å². The van der Waals surface area contributed by atoms with Crippen molar-refractivity contribution in [2.24, 2.45) is 0 Å². The molecule has 1 heterocycles. The molecule has 1 aliphatic heterocycles. The fourth-order valence-corrected chi connectivity index (χ4v) is 4.26. The van der Waals surface area contributed by atoms with E-state index < -0.39 is 10.0 Å². The standard InChI is InChI=1S/C20H26N4O3S/c1-2-16-28(26,27)22-18-10-8-17(9-11-18)21-20(25)24-14-12-23(13-15-24)19-6-4-3-5-7-19/h3-11,22H,2,12-16H2,1H3,(H,21,25). The van der Waals surface area contributed by atoms with Crippen LogP contribution in [0.4, 0.5) is 21.9 Å². The zero-order chi connectivity index (χ0) is 20.0. The van der Waals surface area contributed by atoms with Crippen molar-refractivity contribution < 1.29 is 13.2 Å². The minimum absolute atomic E-state index is 0.0838. The Hall–Kier alpha value is -2.74. The van der Waals surface area contributed by atoms with Crippen LogP contribution >= 0.6 is 0 Å². The molecule has 1 saturated heterocycles. The van der Waals surface area contributed by atoms with Gasteiger partial charge < -0.3 is 15.1 Å². The lowest BCUT2D eigenvalue weighted by atomic mass is 10.2. The second-order valence-electron chi connectivity index (χ2n) is 6.74. The highest BCUT2D eigenvalue weighted by atomic mass is 32.2. The van der Waals surface area contributed by atoms with Crippen LogP contribution in [0.2, 0.25) is 0 Å². The van der Waals surface area contributed by atoms with Gasteiger partial charge in [0.25, 0.3) is 0 Å².